The Labute approximate surface area is 127 Å². The van der Waals surface area contributed by atoms with Gasteiger partial charge in [0.25, 0.3) is 0 Å². The van der Waals surface area contributed by atoms with Gasteiger partial charge in [-0.15, -0.1) is 0 Å². The highest BCUT2D eigenvalue weighted by Gasteiger charge is 2.35. The lowest BCUT2D eigenvalue weighted by molar-refractivity contribution is -0.137. The number of alkyl halides is 3. The van der Waals surface area contributed by atoms with Gasteiger partial charge in [0.1, 0.15) is 0 Å². The Morgan fingerprint density at radius 1 is 0.913 bits per heavy atom. The molecule has 0 aliphatic carbocycles. The fourth-order valence-corrected chi connectivity index (χ4v) is 2.61. The van der Waals surface area contributed by atoms with Gasteiger partial charge in [-0.25, -0.2) is 0 Å². The number of benzene rings is 1. The molecule has 8 heteroatoms. The average Bonchev–Trinajstić information content (AvgIpc) is 2.77. The molecule has 120 valence electrons. The smallest absolute Gasteiger partial charge is 0.318 e. The van der Waals surface area contributed by atoms with Crippen LogP contribution < -0.4 is 11.1 Å². The van der Waals surface area contributed by atoms with Crippen molar-refractivity contribution in [2.45, 2.75) is 20.0 Å². The highest BCUT2D eigenvalue weighted by atomic mass is 19.4. The Morgan fingerprint density at radius 2 is 1.39 bits per heavy atom. The summed E-state index contributed by atoms with van der Waals surface area (Å²) in [6.45, 7) is 3.37. The van der Waals surface area contributed by atoms with E-state index in [2.05, 4.69) is 9.97 Å². The van der Waals surface area contributed by atoms with E-state index in [-0.39, 0.29) is 16.7 Å². The lowest BCUT2D eigenvalue weighted by Crippen LogP contribution is -2.29. The topological polar surface area (TPSA) is 70.7 Å². The van der Waals surface area contributed by atoms with E-state index in [4.69, 9.17) is 0 Å². The Morgan fingerprint density at radius 3 is 1.87 bits per heavy atom. The number of aryl methyl sites for hydroxylation is 2. The van der Waals surface area contributed by atoms with E-state index in [9.17, 15) is 22.8 Å². The Balaban J connectivity index is 2.46. The highest BCUT2D eigenvalue weighted by molar-refractivity contribution is 5.78. The van der Waals surface area contributed by atoms with Crippen LogP contribution in [0.2, 0.25) is 0 Å². The molecule has 0 radical (unpaired) electrons. The molecule has 5 nitrogen and oxygen atoms in total. The van der Waals surface area contributed by atoms with Gasteiger partial charge in [-0.2, -0.15) is 13.2 Å². The Kier molecular flexibility index (Phi) is 3.20. The SMILES string of the molecule is Cc1ccc(C)n1-c1cc2[nH]c(=O)c(=O)[nH]c2cc1C(F)(F)F. The van der Waals surface area contributed by atoms with E-state index in [1.54, 1.807) is 26.0 Å². The number of hydrogen-bond acceptors (Lipinski definition) is 2. The maximum Gasteiger partial charge on any atom is 0.418 e. The summed E-state index contributed by atoms with van der Waals surface area (Å²) < 4.78 is 41.8. The van der Waals surface area contributed by atoms with Crippen LogP contribution in [0.3, 0.4) is 0 Å². The van der Waals surface area contributed by atoms with E-state index in [1.165, 1.54) is 10.6 Å². The van der Waals surface area contributed by atoms with Gasteiger partial charge in [0.15, 0.2) is 0 Å². The summed E-state index contributed by atoms with van der Waals surface area (Å²) >= 11 is 0. The van der Waals surface area contributed by atoms with E-state index in [0.29, 0.717) is 11.4 Å². The van der Waals surface area contributed by atoms with Crippen LogP contribution in [-0.2, 0) is 6.18 Å². The van der Waals surface area contributed by atoms with Crippen LogP contribution in [0.5, 0.6) is 0 Å². The van der Waals surface area contributed by atoms with Gasteiger partial charge < -0.3 is 14.5 Å². The van der Waals surface area contributed by atoms with Crippen molar-refractivity contribution in [1.82, 2.24) is 14.5 Å². The number of fused-ring (bicyclic) bond motifs is 1. The largest absolute Gasteiger partial charge is 0.418 e. The molecule has 0 aliphatic heterocycles. The maximum absolute atomic E-state index is 13.4. The molecule has 2 aromatic heterocycles. The molecule has 23 heavy (non-hydrogen) atoms. The monoisotopic (exact) mass is 323 g/mol. The van der Waals surface area contributed by atoms with Gasteiger partial charge in [0.05, 0.1) is 22.3 Å². The third-order valence-corrected chi connectivity index (χ3v) is 3.66. The number of H-pyrrole nitrogens is 2. The fourth-order valence-electron chi connectivity index (χ4n) is 2.61. The second kappa shape index (κ2) is 4.87. The summed E-state index contributed by atoms with van der Waals surface area (Å²) in [5.74, 6) is 0. The molecule has 0 saturated heterocycles. The van der Waals surface area contributed by atoms with Crippen LogP contribution in [0.4, 0.5) is 13.2 Å². The van der Waals surface area contributed by atoms with Crippen molar-refractivity contribution in [3.63, 3.8) is 0 Å². The van der Waals surface area contributed by atoms with Crippen LogP contribution in [-0.4, -0.2) is 14.5 Å². The molecule has 1 aromatic carbocycles. The standard InChI is InChI=1S/C15H12F3N3O2/c1-7-3-4-8(2)21(7)12-6-11-10(5-9(12)15(16,17)18)19-13(22)14(23)20-11/h3-6H,1-2H3,(H,19,22)(H,20,23). The maximum atomic E-state index is 13.4. The van der Waals surface area contributed by atoms with Crippen LogP contribution in [0.25, 0.3) is 16.7 Å². The van der Waals surface area contributed by atoms with E-state index in [1.807, 2.05) is 0 Å². The Hall–Kier alpha value is -2.77. The number of aromatic amines is 2. The van der Waals surface area contributed by atoms with Crippen LogP contribution in [0.15, 0.2) is 33.9 Å². The lowest BCUT2D eigenvalue weighted by Gasteiger charge is -2.17. The Bertz CT molecular complexity index is 1010. The van der Waals surface area contributed by atoms with Crippen molar-refractivity contribution >= 4 is 11.0 Å². The number of rotatable bonds is 1. The second-order valence-electron chi connectivity index (χ2n) is 5.27. The third kappa shape index (κ3) is 2.45. The molecule has 0 spiro atoms. The number of aromatic nitrogens is 3. The van der Waals surface area contributed by atoms with Gasteiger partial charge in [-0.05, 0) is 38.1 Å². The number of halogens is 3. The summed E-state index contributed by atoms with van der Waals surface area (Å²) in [5.41, 5.74) is -1.60. The molecule has 3 rings (SSSR count). The molecular weight excluding hydrogens is 311 g/mol. The van der Waals surface area contributed by atoms with Crippen molar-refractivity contribution in [3.8, 4) is 5.69 Å². The molecule has 0 saturated carbocycles. The zero-order chi connectivity index (χ0) is 16.9. The predicted molar refractivity (Wildman–Crippen MR) is 79.0 cm³/mol. The zero-order valence-corrected chi connectivity index (χ0v) is 12.2. The molecule has 0 aliphatic rings. The number of nitrogens with zero attached hydrogens (tertiary/aromatic N) is 1. The van der Waals surface area contributed by atoms with Crippen LogP contribution in [0.1, 0.15) is 17.0 Å². The molecule has 0 fully saturated rings. The van der Waals surface area contributed by atoms with E-state index in [0.717, 1.165) is 6.07 Å². The first-order valence-electron chi connectivity index (χ1n) is 6.71. The first kappa shape index (κ1) is 15.1. The fraction of sp³-hybridized carbons (Fsp3) is 0.200. The minimum absolute atomic E-state index is 0.0758. The molecule has 2 N–H and O–H groups in total. The zero-order valence-electron chi connectivity index (χ0n) is 12.2. The van der Waals surface area contributed by atoms with Gasteiger partial charge in [-0.1, -0.05) is 0 Å². The second-order valence-corrected chi connectivity index (χ2v) is 5.27. The molecule has 0 bridgehead atoms. The quantitative estimate of drug-likeness (QED) is 0.676. The first-order valence-corrected chi connectivity index (χ1v) is 6.71. The first-order chi connectivity index (χ1) is 10.7. The van der Waals surface area contributed by atoms with Crippen molar-refractivity contribution in [2.24, 2.45) is 0 Å². The number of nitrogens with one attached hydrogen (secondary N) is 2. The molecule has 0 amide bonds. The van der Waals surface area contributed by atoms with Gasteiger partial charge in [-0.3, -0.25) is 9.59 Å². The van der Waals surface area contributed by atoms with E-state index >= 15 is 0 Å². The third-order valence-electron chi connectivity index (χ3n) is 3.66. The van der Waals surface area contributed by atoms with Crippen molar-refractivity contribution in [3.05, 3.63) is 61.9 Å². The summed E-state index contributed by atoms with van der Waals surface area (Å²) in [6.07, 6.45) is -4.61. The molecule has 0 unspecified atom stereocenters. The molecule has 0 atom stereocenters. The summed E-state index contributed by atoms with van der Waals surface area (Å²) in [4.78, 5) is 27.2. The average molecular weight is 323 g/mol. The highest BCUT2D eigenvalue weighted by Crippen LogP contribution is 2.36. The van der Waals surface area contributed by atoms with Crippen molar-refractivity contribution in [1.29, 1.82) is 0 Å². The van der Waals surface area contributed by atoms with Gasteiger partial charge in [0, 0.05) is 11.4 Å². The van der Waals surface area contributed by atoms with Crippen LogP contribution >= 0.6 is 0 Å². The molecule has 2 heterocycles. The van der Waals surface area contributed by atoms with E-state index < -0.39 is 22.9 Å². The summed E-state index contributed by atoms with van der Waals surface area (Å²) in [5, 5.41) is 0. The van der Waals surface area contributed by atoms with Gasteiger partial charge in [0.2, 0.25) is 0 Å². The lowest BCUT2D eigenvalue weighted by atomic mass is 10.1. The van der Waals surface area contributed by atoms with Crippen molar-refractivity contribution in [2.75, 3.05) is 0 Å². The minimum Gasteiger partial charge on any atom is -0.318 e. The molecular formula is C15H12F3N3O2. The predicted octanol–water partition coefficient (Wildman–Crippen LogP) is 2.64. The molecule has 3 aromatic rings. The number of hydrogen-bond donors (Lipinski definition) is 2. The van der Waals surface area contributed by atoms with Crippen LogP contribution in [0, 0.1) is 13.8 Å². The summed E-state index contributed by atoms with van der Waals surface area (Å²) in [7, 11) is 0. The minimum atomic E-state index is -4.61. The normalized spacial score (nSPS) is 12.0. The van der Waals surface area contributed by atoms with Gasteiger partial charge >= 0.3 is 17.3 Å². The van der Waals surface area contributed by atoms with Crippen molar-refractivity contribution < 1.29 is 13.2 Å². The summed E-state index contributed by atoms with van der Waals surface area (Å²) in [6, 6.07) is 5.46.